The van der Waals surface area contributed by atoms with Crippen LogP contribution in [0.5, 0.6) is 0 Å². The second-order valence-electron chi connectivity index (χ2n) is 7.52. The summed E-state index contributed by atoms with van der Waals surface area (Å²) in [6.45, 7) is 5.56. The number of carbonyl (C=O) groups excluding carboxylic acids is 3. The number of benzene rings is 1. The van der Waals surface area contributed by atoms with Crippen molar-refractivity contribution < 1.29 is 24.3 Å². The summed E-state index contributed by atoms with van der Waals surface area (Å²) in [7, 11) is 1.50. The Bertz CT molecular complexity index is 648. The Labute approximate surface area is 173 Å². The second-order valence-corrected chi connectivity index (χ2v) is 7.52. The molecule has 0 heterocycles. The van der Waals surface area contributed by atoms with E-state index >= 15 is 0 Å². The molecule has 0 aliphatic heterocycles. The van der Waals surface area contributed by atoms with Crippen molar-refractivity contribution in [2.24, 2.45) is 5.92 Å². The van der Waals surface area contributed by atoms with Gasteiger partial charge in [0.2, 0.25) is 5.91 Å². The lowest BCUT2D eigenvalue weighted by molar-refractivity contribution is -0.160. The number of nitrogens with zero attached hydrogens (tertiary/aromatic N) is 1. The van der Waals surface area contributed by atoms with Gasteiger partial charge in [-0.1, -0.05) is 62.9 Å². The maximum atomic E-state index is 13.1. The molecule has 0 aliphatic carbocycles. The van der Waals surface area contributed by atoms with Crippen LogP contribution in [0, 0.1) is 5.92 Å². The van der Waals surface area contributed by atoms with E-state index in [1.54, 1.807) is 19.3 Å². The van der Waals surface area contributed by atoms with Crippen molar-refractivity contribution in [1.82, 2.24) is 10.4 Å². The third-order valence-corrected chi connectivity index (χ3v) is 4.78. The summed E-state index contributed by atoms with van der Waals surface area (Å²) in [5.74, 6) is -2.83. The quantitative estimate of drug-likeness (QED) is 0.183. The molecule has 7 nitrogen and oxygen atoms in total. The minimum absolute atomic E-state index is 0.276. The third-order valence-electron chi connectivity index (χ3n) is 4.78. The summed E-state index contributed by atoms with van der Waals surface area (Å²) in [6.07, 6.45) is 3.89. The Hall–Kier alpha value is -2.41. The number of unbranched alkanes of at least 4 members (excludes halogenated alkanes) is 3. The number of amides is 2. The van der Waals surface area contributed by atoms with Gasteiger partial charge in [0.25, 0.3) is 5.91 Å². The molecule has 0 fully saturated rings. The first kappa shape index (κ1) is 24.6. The fourth-order valence-corrected chi connectivity index (χ4v) is 3.15. The fraction of sp³-hybridized carbons (Fsp3) is 0.591. The molecule has 1 aromatic carbocycles. The van der Waals surface area contributed by atoms with Gasteiger partial charge in [-0.3, -0.25) is 14.8 Å². The highest BCUT2D eigenvalue weighted by Gasteiger charge is 2.35. The topological polar surface area (TPSA) is 95.9 Å². The first-order chi connectivity index (χ1) is 13.8. The molecule has 2 amide bonds. The smallest absolute Gasteiger partial charge is 0.329 e. The molecule has 0 aromatic heterocycles. The number of likely N-dealkylation sites (N-methyl/N-ethyl adjacent to an activating group) is 1. The zero-order valence-electron chi connectivity index (χ0n) is 17.9. The van der Waals surface area contributed by atoms with Crippen molar-refractivity contribution in [2.75, 3.05) is 7.05 Å². The Morgan fingerprint density at radius 3 is 2.31 bits per heavy atom. The van der Waals surface area contributed by atoms with Crippen LogP contribution in [0.4, 0.5) is 0 Å². The van der Waals surface area contributed by atoms with Crippen LogP contribution in [0.3, 0.4) is 0 Å². The molecule has 29 heavy (non-hydrogen) atoms. The van der Waals surface area contributed by atoms with Gasteiger partial charge in [-0.25, -0.2) is 10.3 Å². The maximum absolute atomic E-state index is 13.1. The summed E-state index contributed by atoms with van der Waals surface area (Å²) in [5.41, 5.74) is 2.47. The minimum atomic E-state index is -1.05. The number of carbonyl (C=O) groups is 3. The van der Waals surface area contributed by atoms with E-state index < -0.39 is 29.7 Å². The van der Waals surface area contributed by atoms with Crippen LogP contribution in [0.1, 0.15) is 58.4 Å². The first-order valence-electron chi connectivity index (χ1n) is 10.3. The second kappa shape index (κ2) is 12.9. The Balaban J connectivity index is 3.02. The van der Waals surface area contributed by atoms with E-state index in [-0.39, 0.29) is 12.5 Å². The Morgan fingerprint density at radius 2 is 1.76 bits per heavy atom. The van der Waals surface area contributed by atoms with E-state index in [1.165, 1.54) is 11.9 Å². The van der Waals surface area contributed by atoms with Gasteiger partial charge in [-0.2, -0.15) is 0 Å². The molecule has 0 unspecified atom stereocenters. The number of hydrogen-bond acceptors (Lipinski definition) is 5. The van der Waals surface area contributed by atoms with E-state index in [9.17, 15) is 14.4 Å². The largest absolute Gasteiger partial charge is 0.461 e. The number of nitrogens with one attached hydrogen (secondary N) is 1. The highest BCUT2D eigenvalue weighted by molar-refractivity contribution is 6.01. The van der Waals surface area contributed by atoms with Gasteiger partial charge in [0.05, 0.1) is 6.10 Å². The zero-order valence-corrected chi connectivity index (χ0v) is 17.9. The SMILES string of the molecule is CCCCCC[C@@H](C(=O)NO)C(=O)N(C)[C@@H](Cc1ccccc1)C(=O)OC(C)C. The van der Waals surface area contributed by atoms with Gasteiger partial charge >= 0.3 is 5.97 Å². The van der Waals surface area contributed by atoms with Crippen molar-refractivity contribution in [1.29, 1.82) is 0 Å². The van der Waals surface area contributed by atoms with Crippen molar-refractivity contribution in [3.63, 3.8) is 0 Å². The molecular weight excluding hydrogens is 372 g/mol. The first-order valence-corrected chi connectivity index (χ1v) is 10.3. The lowest BCUT2D eigenvalue weighted by atomic mass is 9.96. The summed E-state index contributed by atoms with van der Waals surface area (Å²) in [5, 5.41) is 9.08. The molecule has 2 atom stereocenters. The van der Waals surface area contributed by atoms with Crippen LogP contribution in [0.2, 0.25) is 0 Å². The lowest BCUT2D eigenvalue weighted by Gasteiger charge is -2.30. The number of hydrogen-bond donors (Lipinski definition) is 2. The van der Waals surface area contributed by atoms with Crippen LogP contribution >= 0.6 is 0 Å². The van der Waals surface area contributed by atoms with E-state index in [4.69, 9.17) is 9.94 Å². The van der Waals surface area contributed by atoms with Gasteiger partial charge in [0.1, 0.15) is 12.0 Å². The predicted molar refractivity (Wildman–Crippen MR) is 110 cm³/mol. The third kappa shape index (κ3) is 8.23. The van der Waals surface area contributed by atoms with Crippen LogP contribution < -0.4 is 5.48 Å². The standard InChI is InChI=1S/C22H34N2O5/c1-5-6-7-11-14-18(20(25)23-28)21(26)24(4)19(22(27)29-16(2)3)15-17-12-9-8-10-13-17/h8-10,12-13,16,18-19,28H,5-7,11,14-15H2,1-4H3,(H,23,25)/t18-,19-/m0/s1. The monoisotopic (exact) mass is 406 g/mol. The molecule has 0 saturated carbocycles. The van der Waals surface area contributed by atoms with Gasteiger partial charge in [-0.05, 0) is 25.8 Å². The highest BCUT2D eigenvalue weighted by Crippen LogP contribution is 2.18. The normalized spacial score (nSPS) is 12.9. The number of ether oxygens (including phenoxy) is 1. The maximum Gasteiger partial charge on any atom is 0.329 e. The average molecular weight is 407 g/mol. The summed E-state index contributed by atoms with van der Waals surface area (Å²) in [4.78, 5) is 39.2. The molecule has 0 bridgehead atoms. The average Bonchev–Trinajstić information content (AvgIpc) is 2.70. The van der Waals surface area contributed by atoms with Crippen LogP contribution in [-0.4, -0.2) is 47.1 Å². The predicted octanol–water partition coefficient (Wildman–Crippen LogP) is 3.10. The summed E-state index contributed by atoms with van der Waals surface area (Å²) < 4.78 is 5.35. The number of hydroxylamine groups is 1. The van der Waals surface area contributed by atoms with Gasteiger partial charge < -0.3 is 9.64 Å². The van der Waals surface area contributed by atoms with Crippen LogP contribution in [0.15, 0.2) is 30.3 Å². The van der Waals surface area contributed by atoms with Crippen molar-refractivity contribution in [2.45, 2.75) is 71.4 Å². The van der Waals surface area contributed by atoms with Crippen molar-refractivity contribution in [3.05, 3.63) is 35.9 Å². The van der Waals surface area contributed by atoms with Crippen LogP contribution in [-0.2, 0) is 25.5 Å². The molecule has 0 spiro atoms. The van der Waals surface area contributed by atoms with Crippen molar-refractivity contribution >= 4 is 17.8 Å². The van der Waals surface area contributed by atoms with E-state index in [0.29, 0.717) is 12.8 Å². The minimum Gasteiger partial charge on any atom is -0.461 e. The zero-order chi connectivity index (χ0) is 21.8. The molecular formula is C22H34N2O5. The van der Waals surface area contributed by atoms with Gasteiger partial charge in [-0.15, -0.1) is 0 Å². The molecule has 0 saturated heterocycles. The molecule has 0 aliphatic rings. The lowest BCUT2D eigenvalue weighted by Crippen LogP contribution is -2.50. The highest BCUT2D eigenvalue weighted by atomic mass is 16.5. The van der Waals surface area contributed by atoms with E-state index in [2.05, 4.69) is 6.92 Å². The molecule has 1 rings (SSSR count). The number of esters is 1. The molecule has 1 aromatic rings. The molecule has 2 N–H and O–H groups in total. The summed E-state index contributed by atoms with van der Waals surface area (Å²) in [6, 6.07) is 8.47. The molecule has 162 valence electrons. The van der Waals surface area contributed by atoms with Gasteiger partial charge in [0.15, 0.2) is 0 Å². The van der Waals surface area contributed by atoms with E-state index in [0.717, 1.165) is 24.8 Å². The van der Waals surface area contributed by atoms with Crippen molar-refractivity contribution in [3.8, 4) is 0 Å². The van der Waals surface area contributed by atoms with Gasteiger partial charge in [0, 0.05) is 13.5 Å². The van der Waals surface area contributed by atoms with E-state index in [1.807, 2.05) is 30.3 Å². The molecule has 0 radical (unpaired) electrons. The Kier molecular flexibility index (Phi) is 11.0. The van der Waals surface area contributed by atoms with Crippen LogP contribution in [0.25, 0.3) is 0 Å². The number of rotatable bonds is 12. The Morgan fingerprint density at radius 1 is 1.10 bits per heavy atom. The summed E-state index contributed by atoms with van der Waals surface area (Å²) >= 11 is 0. The fourth-order valence-electron chi connectivity index (χ4n) is 3.15. The molecule has 7 heteroatoms.